The monoisotopic (exact) mass is 437 g/mol. The minimum Gasteiger partial charge on any atom is -0.478 e. The number of hydrogen-bond acceptors (Lipinski definition) is 8. The lowest BCUT2D eigenvalue weighted by atomic mass is 10.1. The Morgan fingerprint density at radius 1 is 1.26 bits per heavy atom. The van der Waals surface area contributed by atoms with E-state index in [1.807, 2.05) is 0 Å². The number of nitrogens with zero attached hydrogens (tertiary/aromatic N) is 4. The highest BCUT2D eigenvalue weighted by molar-refractivity contribution is 8.01. The highest BCUT2D eigenvalue weighted by Crippen LogP contribution is 2.45. The second-order valence-corrected chi connectivity index (χ2v) is 7.61. The zero-order valence-electron chi connectivity index (χ0n) is 16.0. The molecule has 0 atom stereocenters. The summed E-state index contributed by atoms with van der Waals surface area (Å²) in [5.41, 5.74) is 1.67. The van der Waals surface area contributed by atoms with E-state index in [0.29, 0.717) is 16.9 Å². The normalized spacial score (nSPS) is 12.8. The molecule has 1 aliphatic carbocycles. The Kier molecular flexibility index (Phi) is 5.70. The topological polar surface area (TPSA) is 122 Å². The average molecular weight is 437 g/mol. The van der Waals surface area contributed by atoms with Crippen LogP contribution < -0.4 is 9.19 Å². The molecule has 0 saturated heterocycles. The number of carboxylic acids is 1. The Bertz CT molecular complexity index is 1180. The van der Waals surface area contributed by atoms with E-state index in [9.17, 15) is 24.8 Å². The fraction of sp³-hybridized carbons (Fsp3) is 0.143. The van der Waals surface area contributed by atoms with Crippen molar-refractivity contribution in [3.63, 3.8) is 0 Å². The van der Waals surface area contributed by atoms with Crippen LogP contribution in [0.25, 0.3) is 11.4 Å². The summed E-state index contributed by atoms with van der Waals surface area (Å²) in [6.45, 7) is 0. The minimum absolute atomic E-state index is 0.0472. The predicted molar refractivity (Wildman–Crippen MR) is 113 cm³/mol. The van der Waals surface area contributed by atoms with Gasteiger partial charge < -0.3 is 9.83 Å². The molecule has 10 heteroatoms. The van der Waals surface area contributed by atoms with Gasteiger partial charge in [-0.25, -0.2) is 19.2 Å². The van der Waals surface area contributed by atoms with Gasteiger partial charge in [0.15, 0.2) is 5.82 Å². The first-order valence-corrected chi connectivity index (χ1v) is 10.1. The van der Waals surface area contributed by atoms with Crippen molar-refractivity contribution in [1.29, 1.82) is 5.26 Å². The van der Waals surface area contributed by atoms with Crippen molar-refractivity contribution in [3.05, 3.63) is 71.3 Å². The maximum atomic E-state index is 14.2. The molecule has 3 aromatic rings. The maximum absolute atomic E-state index is 14.2. The molecular weight excluding hydrogens is 421 g/mol. The molecule has 8 nitrogen and oxygen atoms in total. The molecule has 0 unspecified atom stereocenters. The molecule has 0 spiro atoms. The maximum Gasteiger partial charge on any atom is 0.335 e. The van der Waals surface area contributed by atoms with Crippen LogP contribution in [-0.4, -0.2) is 26.3 Å². The molecule has 0 radical (unpaired) electrons. The van der Waals surface area contributed by atoms with Gasteiger partial charge >= 0.3 is 5.97 Å². The number of anilines is 2. The Labute approximate surface area is 181 Å². The summed E-state index contributed by atoms with van der Waals surface area (Å²) in [4.78, 5) is 19.6. The van der Waals surface area contributed by atoms with Crippen LogP contribution in [0.4, 0.5) is 15.8 Å². The van der Waals surface area contributed by atoms with E-state index in [0.717, 1.165) is 41.1 Å². The first kappa shape index (κ1) is 20.6. The summed E-state index contributed by atoms with van der Waals surface area (Å²) in [7, 11) is 0. The molecule has 0 amide bonds. The number of carbonyl (C=O) groups is 1. The molecule has 4 rings (SSSR count). The summed E-state index contributed by atoms with van der Waals surface area (Å²) in [5.74, 6) is -1.32. The molecule has 0 aliphatic heterocycles. The third-order valence-corrected chi connectivity index (χ3v) is 5.46. The Morgan fingerprint density at radius 2 is 2.00 bits per heavy atom. The summed E-state index contributed by atoms with van der Waals surface area (Å²) < 4.78 is 17.9. The third-order valence-electron chi connectivity index (χ3n) is 4.78. The largest absolute Gasteiger partial charge is 0.478 e. The Morgan fingerprint density at radius 3 is 2.65 bits per heavy atom. The van der Waals surface area contributed by atoms with Crippen LogP contribution in [0.5, 0.6) is 0 Å². The van der Waals surface area contributed by atoms with E-state index >= 15 is 0 Å². The average Bonchev–Trinajstić information content (AvgIpc) is 3.63. The van der Waals surface area contributed by atoms with Gasteiger partial charge in [-0.3, -0.25) is 5.21 Å². The number of hydrogen-bond donors (Lipinski definition) is 3. The fourth-order valence-corrected chi connectivity index (χ4v) is 3.70. The molecule has 31 heavy (non-hydrogen) atoms. The van der Waals surface area contributed by atoms with Crippen molar-refractivity contribution in [2.45, 2.75) is 18.8 Å². The predicted octanol–water partition coefficient (Wildman–Crippen LogP) is 4.60. The van der Waals surface area contributed by atoms with Crippen LogP contribution in [0.2, 0.25) is 0 Å². The van der Waals surface area contributed by atoms with E-state index in [4.69, 9.17) is 0 Å². The smallest absolute Gasteiger partial charge is 0.335 e. The molecule has 0 bridgehead atoms. The van der Waals surface area contributed by atoms with E-state index < -0.39 is 11.8 Å². The first-order valence-electron chi connectivity index (χ1n) is 9.28. The number of halogens is 1. The lowest BCUT2D eigenvalue weighted by Gasteiger charge is -2.20. The number of aromatic nitrogens is 2. The molecule has 156 valence electrons. The Hall–Kier alpha value is -3.68. The number of rotatable bonds is 7. The van der Waals surface area contributed by atoms with Gasteiger partial charge in [0.2, 0.25) is 0 Å². The van der Waals surface area contributed by atoms with Gasteiger partial charge in [-0.1, -0.05) is 6.07 Å². The third kappa shape index (κ3) is 4.42. The number of aromatic carboxylic acids is 1. The quantitative estimate of drug-likeness (QED) is 0.359. The number of nitrogens with one attached hydrogen (secondary N) is 1. The van der Waals surface area contributed by atoms with Gasteiger partial charge in [-0.05, 0) is 54.7 Å². The molecule has 1 heterocycles. The lowest BCUT2D eigenvalue weighted by Crippen LogP contribution is -2.14. The van der Waals surface area contributed by atoms with E-state index in [-0.39, 0.29) is 22.9 Å². The molecule has 1 aliphatic rings. The van der Waals surface area contributed by atoms with E-state index in [2.05, 4.69) is 14.7 Å². The van der Waals surface area contributed by atoms with Crippen molar-refractivity contribution >= 4 is 29.5 Å². The first-order chi connectivity index (χ1) is 15.0. The molecule has 1 saturated carbocycles. The van der Waals surface area contributed by atoms with Gasteiger partial charge in [0.1, 0.15) is 11.9 Å². The van der Waals surface area contributed by atoms with Crippen molar-refractivity contribution in [1.82, 2.24) is 9.97 Å². The molecule has 2 aromatic carbocycles. The summed E-state index contributed by atoms with van der Waals surface area (Å²) >= 11 is 0.755. The van der Waals surface area contributed by atoms with Crippen LogP contribution in [0.1, 0.15) is 40.2 Å². The highest BCUT2D eigenvalue weighted by Gasteiger charge is 2.29. The lowest BCUT2D eigenvalue weighted by molar-refractivity contribution is 0.0697. The second kappa shape index (κ2) is 8.59. The van der Waals surface area contributed by atoms with Crippen molar-refractivity contribution < 1.29 is 19.5 Å². The zero-order valence-corrected chi connectivity index (χ0v) is 16.8. The van der Waals surface area contributed by atoms with Crippen LogP contribution >= 0.6 is 12.1 Å². The van der Waals surface area contributed by atoms with Crippen molar-refractivity contribution in [3.8, 4) is 17.5 Å². The zero-order chi connectivity index (χ0) is 22.0. The van der Waals surface area contributed by atoms with Crippen LogP contribution in [0.3, 0.4) is 0 Å². The number of benzene rings is 2. The molecule has 1 aromatic heterocycles. The van der Waals surface area contributed by atoms with Crippen LogP contribution in [0, 0.1) is 17.1 Å². The molecule has 1 fully saturated rings. The summed E-state index contributed by atoms with van der Waals surface area (Å²) in [6, 6.07) is 10.5. The number of carboxylic acid groups (broad SMARTS) is 1. The van der Waals surface area contributed by atoms with Crippen molar-refractivity contribution in [2.24, 2.45) is 0 Å². The highest BCUT2D eigenvalue weighted by atomic mass is 32.2. The Balaban J connectivity index is 1.64. The fourth-order valence-electron chi connectivity index (χ4n) is 3.09. The van der Waals surface area contributed by atoms with Gasteiger partial charge in [0, 0.05) is 18.0 Å². The minimum atomic E-state index is -1.10. The SMILES string of the molecule is N#Cc1cc(NSN(O)c2cc(C(=O)O)ccc2C2CC2)c(-c2ncccn2)cc1F. The number of nitriles is 1. The second-order valence-electron chi connectivity index (χ2n) is 6.88. The standard InChI is InChI=1S/C21H16FN5O3S/c22-17-10-16(20-24-6-1-7-25-20)18(8-14(17)11-23)26-31-27(30)19-9-13(21(28)29)4-5-15(19)12-2-3-12/h1,4-10,12,26,30H,2-3H2,(H,28,29). The van der Waals surface area contributed by atoms with E-state index in [1.54, 1.807) is 18.2 Å². The summed E-state index contributed by atoms with van der Waals surface area (Å²) in [6.07, 6.45) is 4.94. The molecular formula is C21H16FN5O3S. The van der Waals surface area contributed by atoms with Gasteiger partial charge in [0.25, 0.3) is 0 Å². The van der Waals surface area contributed by atoms with Gasteiger partial charge in [-0.2, -0.15) is 9.73 Å². The van der Waals surface area contributed by atoms with Crippen LogP contribution in [-0.2, 0) is 0 Å². The van der Waals surface area contributed by atoms with Crippen molar-refractivity contribution in [2.75, 3.05) is 9.19 Å². The van der Waals surface area contributed by atoms with E-state index in [1.165, 1.54) is 30.6 Å². The molecule has 3 N–H and O–H groups in total. The van der Waals surface area contributed by atoms with Crippen LogP contribution in [0.15, 0.2) is 48.8 Å². The summed E-state index contributed by atoms with van der Waals surface area (Å²) in [5, 5.41) is 29.1. The van der Waals surface area contributed by atoms with Gasteiger partial charge in [0.05, 0.1) is 34.6 Å². The van der Waals surface area contributed by atoms with Gasteiger partial charge in [-0.15, -0.1) is 0 Å².